The van der Waals surface area contributed by atoms with E-state index in [0.717, 1.165) is 24.5 Å². The van der Waals surface area contributed by atoms with Crippen LogP contribution >= 0.6 is 0 Å². The van der Waals surface area contributed by atoms with Gasteiger partial charge in [-0.05, 0) is 28.8 Å². The third-order valence-electron chi connectivity index (χ3n) is 3.16. The molecule has 0 radical (unpaired) electrons. The van der Waals surface area contributed by atoms with E-state index < -0.39 is 0 Å². The van der Waals surface area contributed by atoms with Crippen molar-refractivity contribution in [2.24, 2.45) is 0 Å². The average Bonchev–Trinajstić information content (AvgIpc) is 2.82. The fourth-order valence-corrected chi connectivity index (χ4v) is 2.23. The number of fused-ring (bicyclic) bond motifs is 1. The smallest absolute Gasteiger partial charge is 0.129 e. The Morgan fingerprint density at radius 3 is 2.47 bits per heavy atom. The van der Waals surface area contributed by atoms with Gasteiger partial charge >= 0.3 is 0 Å². The molecule has 3 heteroatoms. The molecule has 0 unspecified atom stereocenters. The largest absolute Gasteiger partial charge is 0.392 e. The van der Waals surface area contributed by atoms with E-state index in [2.05, 4.69) is 34.1 Å². The molecular formula is C14H14N2O. The predicted octanol–water partition coefficient (Wildman–Crippen LogP) is 2.09. The number of aliphatic hydroxyl groups is 1. The first-order chi connectivity index (χ1) is 8.36. The average molecular weight is 226 g/mol. The lowest BCUT2D eigenvalue weighted by atomic mass is 10.1. The summed E-state index contributed by atoms with van der Waals surface area (Å²) in [6, 6.07) is 12.2. The highest BCUT2D eigenvalue weighted by atomic mass is 16.3. The van der Waals surface area contributed by atoms with Gasteiger partial charge in [0.1, 0.15) is 5.82 Å². The number of pyridine rings is 1. The van der Waals surface area contributed by atoms with Crippen molar-refractivity contribution < 1.29 is 5.11 Å². The van der Waals surface area contributed by atoms with Crippen molar-refractivity contribution in [2.45, 2.75) is 19.7 Å². The first-order valence-corrected chi connectivity index (χ1v) is 5.74. The summed E-state index contributed by atoms with van der Waals surface area (Å²) >= 11 is 0. The van der Waals surface area contributed by atoms with Gasteiger partial charge in [0.25, 0.3) is 0 Å². The summed E-state index contributed by atoms with van der Waals surface area (Å²) in [5.41, 5.74) is 3.64. The second-order valence-electron chi connectivity index (χ2n) is 4.31. The normalized spacial score (nSPS) is 13.8. The zero-order chi connectivity index (χ0) is 11.7. The summed E-state index contributed by atoms with van der Waals surface area (Å²) in [6.45, 7) is 1.87. The molecule has 0 spiro atoms. The van der Waals surface area contributed by atoms with Crippen LogP contribution in [0.4, 0.5) is 5.82 Å². The Kier molecular flexibility index (Phi) is 2.53. The van der Waals surface area contributed by atoms with Crippen molar-refractivity contribution in [3.63, 3.8) is 0 Å². The predicted molar refractivity (Wildman–Crippen MR) is 66.5 cm³/mol. The number of aromatic nitrogens is 1. The number of aliphatic hydroxyl groups excluding tert-OH is 1. The zero-order valence-corrected chi connectivity index (χ0v) is 9.50. The quantitative estimate of drug-likeness (QED) is 0.851. The van der Waals surface area contributed by atoms with Gasteiger partial charge in [0.05, 0.1) is 6.61 Å². The fourth-order valence-electron chi connectivity index (χ4n) is 2.23. The Morgan fingerprint density at radius 2 is 1.82 bits per heavy atom. The van der Waals surface area contributed by atoms with Crippen molar-refractivity contribution in [2.75, 3.05) is 4.90 Å². The Hall–Kier alpha value is -1.87. The van der Waals surface area contributed by atoms with Gasteiger partial charge in [-0.1, -0.05) is 24.3 Å². The van der Waals surface area contributed by atoms with Crippen LogP contribution in [-0.2, 0) is 19.7 Å². The number of benzene rings is 1. The molecule has 2 aromatic rings. The molecule has 0 fully saturated rings. The third-order valence-corrected chi connectivity index (χ3v) is 3.16. The highest BCUT2D eigenvalue weighted by Crippen LogP contribution is 2.26. The van der Waals surface area contributed by atoms with E-state index in [-0.39, 0.29) is 6.61 Å². The van der Waals surface area contributed by atoms with Crippen molar-refractivity contribution in [3.8, 4) is 0 Å². The number of anilines is 1. The van der Waals surface area contributed by atoms with Gasteiger partial charge in [-0.2, -0.15) is 0 Å². The van der Waals surface area contributed by atoms with Crippen LogP contribution in [0, 0.1) is 0 Å². The first-order valence-electron chi connectivity index (χ1n) is 5.74. The SMILES string of the molecule is OCc1ccnc(N2Cc3ccccc3C2)c1. The van der Waals surface area contributed by atoms with E-state index in [9.17, 15) is 0 Å². The molecule has 1 N–H and O–H groups in total. The van der Waals surface area contributed by atoms with E-state index >= 15 is 0 Å². The lowest BCUT2D eigenvalue weighted by molar-refractivity contribution is 0.281. The van der Waals surface area contributed by atoms with Crippen molar-refractivity contribution in [1.82, 2.24) is 4.98 Å². The van der Waals surface area contributed by atoms with Crippen LogP contribution in [0.1, 0.15) is 16.7 Å². The Morgan fingerprint density at radius 1 is 1.12 bits per heavy atom. The van der Waals surface area contributed by atoms with E-state index in [0.29, 0.717) is 0 Å². The molecule has 3 nitrogen and oxygen atoms in total. The van der Waals surface area contributed by atoms with E-state index in [1.54, 1.807) is 6.20 Å². The van der Waals surface area contributed by atoms with Gasteiger partial charge in [0.15, 0.2) is 0 Å². The molecular weight excluding hydrogens is 212 g/mol. The van der Waals surface area contributed by atoms with Crippen LogP contribution in [0.2, 0.25) is 0 Å². The Balaban J connectivity index is 1.88. The molecule has 1 aliphatic heterocycles. The molecule has 0 bridgehead atoms. The monoisotopic (exact) mass is 226 g/mol. The minimum absolute atomic E-state index is 0.0658. The maximum atomic E-state index is 9.13. The van der Waals surface area contributed by atoms with Gasteiger partial charge in [-0.25, -0.2) is 4.98 Å². The number of nitrogens with zero attached hydrogens (tertiary/aromatic N) is 2. The molecule has 1 aromatic carbocycles. The Labute approximate surface area is 100 Å². The summed E-state index contributed by atoms with van der Waals surface area (Å²) in [6.07, 6.45) is 1.75. The summed E-state index contributed by atoms with van der Waals surface area (Å²) in [7, 11) is 0. The second kappa shape index (κ2) is 4.18. The summed E-state index contributed by atoms with van der Waals surface area (Å²) < 4.78 is 0. The molecule has 0 amide bonds. The second-order valence-corrected chi connectivity index (χ2v) is 4.31. The van der Waals surface area contributed by atoms with E-state index in [4.69, 9.17) is 5.11 Å². The molecule has 86 valence electrons. The van der Waals surface area contributed by atoms with Crippen LogP contribution in [0.15, 0.2) is 42.6 Å². The van der Waals surface area contributed by atoms with Crippen LogP contribution < -0.4 is 4.90 Å². The van der Waals surface area contributed by atoms with Gasteiger partial charge in [0, 0.05) is 19.3 Å². The lowest BCUT2D eigenvalue weighted by Crippen LogP contribution is -2.16. The molecule has 0 atom stereocenters. The van der Waals surface area contributed by atoms with Crippen molar-refractivity contribution >= 4 is 5.82 Å². The molecule has 0 saturated heterocycles. The van der Waals surface area contributed by atoms with Crippen molar-refractivity contribution in [3.05, 3.63) is 59.3 Å². The van der Waals surface area contributed by atoms with Crippen molar-refractivity contribution in [1.29, 1.82) is 0 Å². The maximum absolute atomic E-state index is 9.13. The van der Waals surface area contributed by atoms with E-state index in [1.165, 1.54) is 11.1 Å². The fraction of sp³-hybridized carbons (Fsp3) is 0.214. The van der Waals surface area contributed by atoms with Crippen LogP contribution in [0.25, 0.3) is 0 Å². The lowest BCUT2D eigenvalue weighted by Gasteiger charge is -2.16. The molecule has 1 aliphatic rings. The minimum Gasteiger partial charge on any atom is -0.392 e. The molecule has 0 aliphatic carbocycles. The van der Waals surface area contributed by atoms with Crippen LogP contribution in [0.3, 0.4) is 0 Å². The number of hydrogen-bond donors (Lipinski definition) is 1. The molecule has 2 heterocycles. The topological polar surface area (TPSA) is 36.4 Å². The highest BCUT2D eigenvalue weighted by Gasteiger charge is 2.19. The van der Waals surface area contributed by atoms with E-state index in [1.807, 2.05) is 12.1 Å². The molecule has 17 heavy (non-hydrogen) atoms. The minimum atomic E-state index is 0.0658. The van der Waals surface area contributed by atoms with Gasteiger partial charge in [-0.3, -0.25) is 0 Å². The van der Waals surface area contributed by atoms with Gasteiger partial charge < -0.3 is 10.0 Å². The Bertz CT molecular complexity index is 514. The third kappa shape index (κ3) is 1.89. The molecule has 1 aromatic heterocycles. The molecule has 3 rings (SSSR count). The number of rotatable bonds is 2. The maximum Gasteiger partial charge on any atom is 0.129 e. The van der Waals surface area contributed by atoms with Gasteiger partial charge in [-0.15, -0.1) is 0 Å². The van der Waals surface area contributed by atoms with Crippen LogP contribution in [-0.4, -0.2) is 10.1 Å². The summed E-state index contributed by atoms with van der Waals surface area (Å²) in [4.78, 5) is 6.59. The number of hydrogen-bond acceptors (Lipinski definition) is 3. The zero-order valence-electron chi connectivity index (χ0n) is 9.50. The highest BCUT2D eigenvalue weighted by molar-refractivity contribution is 5.48. The summed E-state index contributed by atoms with van der Waals surface area (Å²) in [5, 5.41) is 9.13. The molecule has 0 saturated carbocycles. The van der Waals surface area contributed by atoms with Gasteiger partial charge in [0.2, 0.25) is 0 Å². The first kappa shape index (κ1) is 10.3. The summed E-state index contributed by atoms with van der Waals surface area (Å²) in [5.74, 6) is 0.938. The van der Waals surface area contributed by atoms with Crippen LogP contribution in [0.5, 0.6) is 0 Å². The standard InChI is InChI=1S/C14H14N2O/c17-10-11-5-6-15-14(7-11)16-8-12-3-1-2-4-13(12)9-16/h1-7,17H,8-10H2.